The number of piperidine rings is 1. The number of nitrogens with zero attached hydrogens (tertiary/aromatic N) is 1. The van der Waals surface area contributed by atoms with Crippen LogP contribution in [0.3, 0.4) is 0 Å². The van der Waals surface area contributed by atoms with Gasteiger partial charge in [0, 0.05) is 31.4 Å². The minimum Gasteiger partial charge on any atom is -0.388 e. The molecule has 104 valence electrons. The van der Waals surface area contributed by atoms with Gasteiger partial charge in [-0.25, -0.2) is 0 Å². The summed E-state index contributed by atoms with van der Waals surface area (Å²) in [4.78, 5) is 14.4. The Balaban J connectivity index is 1.97. The molecule has 1 saturated heterocycles. The summed E-state index contributed by atoms with van der Waals surface area (Å²) < 4.78 is 0. The lowest BCUT2D eigenvalue weighted by atomic mass is 9.86. The van der Waals surface area contributed by atoms with E-state index in [4.69, 9.17) is 0 Å². The fraction of sp³-hybridized carbons (Fsp3) is 0.562. The molecule has 0 saturated carbocycles. The molecule has 19 heavy (non-hydrogen) atoms. The Labute approximate surface area is 116 Å². The van der Waals surface area contributed by atoms with Gasteiger partial charge in [0.05, 0.1) is 0 Å². The minimum atomic E-state index is 0.171. The number of nitrogens with one attached hydrogen (secondary N) is 1. The van der Waals surface area contributed by atoms with Crippen molar-refractivity contribution in [2.24, 2.45) is 11.8 Å². The zero-order chi connectivity index (χ0) is 13.8. The van der Waals surface area contributed by atoms with Gasteiger partial charge in [-0.05, 0) is 48.9 Å². The molecule has 1 amide bonds. The number of rotatable bonds is 3. The molecule has 0 atom stereocenters. The lowest BCUT2D eigenvalue weighted by Gasteiger charge is -2.34. The number of likely N-dealkylation sites (tertiary alicyclic amines) is 1. The van der Waals surface area contributed by atoms with E-state index in [1.807, 2.05) is 36.2 Å². The zero-order valence-corrected chi connectivity index (χ0v) is 12.1. The Morgan fingerprint density at radius 1 is 1.21 bits per heavy atom. The molecule has 0 aromatic heterocycles. The second-order valence-corrected chi connectivity index (χ2v) is 5.70. The van der Waals surface area contributed by atoms with Crippen LogP contribution >= 0.6 is 0 Å². The number of hydrogen-bond acceptors (Lipinski definition) is 2. The number of amides is 1. The van der Waals surface area contributed by atoms with Gasteiger partial charge in [0.15, 0.2) is 0 Å². The van der Waals surface area contributed by atoms with E-state index < -0.39 is 0 Å². The van der Waals surface area contributed by atoms with Crippen LogP contribution in [0.2, 0.25) is 0 Å². The van der Waals surface area contributed by atoms with E-state index in [1.165, 1.54) is 0 Å². The van der Waals surface area contributed by atoms with Crippen molar-refractivity contribution in [2.45, 2.75) is 26.7 Å². The van der Waals surface area contributed by atoms with Gasteiger partial charge >= 0.3 is 0 Å². The van der Waals surface area contributed by atoms with Crippen LogP contribution in [0.25, 0.3) is 0 Å². The molecule has 0 bridgehead atoms. The van der Waals surface area contributed by atoms with Gasteiger partial charge in [-0.2, -0.15) is 0 Å². The first-order chi connectivity index (χ1) is 9.11. The van der Waals surface area contributed by atoms with Crippen LogP contribution in [-0.2, 0) is 0 Å². The van der Waals surface area contributed by atoms with E-state index >= 15 is 0 Å². The summed E-state index contributed by atoms with van der Waals surface area (Å²) in [7, 11) is 1.88. The van der Waals surface area contributed by atoms with Gasteiger partial charge in [-0.15, -0.1) is 0 Å². The molecular formula is C16H24N2O. The highest BCUT2D eigenvalue weighted by atomic mass is 16.2. The van der Waals surface area contributed by atoms with Crippen LogP contribution in [-0.4, -0.2) is 30.9 Å². The topological polar surface area (TPSA) is 32.3 Å². The Kier molecular flexibility index (Phi) is 4.46. The summed E-state index contributed by atoms with van der Waals surface area (Å²) >= 11 is 0. The molecule has 3 heteroatoms. The van der Waals surface area contributed by atoms with E-state index in [1.54, 1.807) is 0 Å². The third-order valence-corrected chi connectivity index (χ3v) is 4.19. The fourth-order valence-electron chi connectivity index (χ4n) is 2.73. The fourth-order valence-corrected chi connectivity index (χ4v) is 2.73. The zero-order valence-electron chi connectivity index (χ0n) is 12.1. The third-order valence-electron chi connectivity index (χ3n) is 4.19. The molecule has 2 rings (SSSR count). The molecule has 1 aromatic carbocycles. The van der Waals surface area contributed by atoms with Crippen LogP contribution in [0.4, 0.5) is 5.69 Å². The molecule has 3 nitrogen and oxygen atoms in total. The van der Waals surface area contributed by atoms with Gasteiger partial charge < -0.3 is 10.2 Å². The Morgan fingerprint density at radius 3 is 2.26 bits per heavy atom. The second-order valence-electron chi connectivity index (χ2n) is 5.70. The van der Waals surface area contributed by atoms with Gasteiger partial charge in [0.1, 0.15) is 0 Å². The van der Waals surface area contributed by atoms with Crippen molar-refractivity contribution in [1.29, 1.82) is 0 Å². The Hall–Kier alpha value is -1.51. The van der Waals surface area contributed by atoms with Crippen molar-refractivity contribution >= 4 is 11.6 Å². The molecule has 1 fully saturated rings. The average Bonchev–Trinajstić information content (AvgIpc) is 2.46. The number of carbonyl (C=O) groups excluding carboxylic acids is 1. The van der Waals surface area contributed by atoms with Crippen molar-refractivity contribution in [3.8, 4) is 0 Å². The molecular weight excluding hydrogens is 236 g/mol. The van der Waals surface area contributed by atoms with Crippen LogP contribution in [0.15, 0.2) is 24.3 Å². The van der Waals surface area contributed by atoms with Crippen molar-refractivity contribution in [3.05, 3.63) is 29.8 Å². The highest BCUT2D eigenvalue weighted by Crippen LogP contribution is 2.25. The maximum Gasteiger partial charge on any atom is 0.253 e. The largest absolute Gasteiger partial charge is 0.388 e. The summed E-state index contributed by atoms with van der Waals surface area (Å²) in [6.07, 6.45) is 2.27. The minimum absolute atomic E-state index is 0.171. The van der Waals surface area contributed by atoms with Crippen molar-refractivity contribution < 1.29 is 4.79 Å². The highest BCUT2D eigenvalue weighted by molar-refractivity contribution is 5.94. The number of benzene rings is 1. The maximum atomic E-state index is 12.4. The molecule has 0 aliphatic carbocycles. The molecule has 0 unspecified atom stereocenters. The average molecular weight is 260 g/mol. The summed E-state index contributed by atoms with van der Waals surface area (Å²) in [5.41, 5.74) is 1.83. The summed E-state index contributed by atoms with van der Waals surface area (Å²) in [6.45, 7) is 6.35. The van der Waals surface area contributed by atoms with Crippen molar-refractivity contribution in [1.82, 2.24) is 4.90 Å². The first-order valence-corrected chi connectivity index (χ1v) is 7.19. The Morgan fingerprint density at radius 2 is 1.79 bits per heavy atom. The number of anilines is 1. The van der Waals surface area contributed by atoms with Crippen LogP contribution in [0.5, 0.6) is 0 Å². The summed E-state index contributed by atoms with van der Waals surface area (Å²) in [5, 5.41) is 3.07. The summed E-state index contributed by atoms with van der Waals surface area (Å²) in [5.74, 6) is 1.67. The third kappa shape index (κ3) is 3.28. The molecule has 1 N–H and O–H groups in total. The standard InChI is InChI=1S/C16H24N2O/c1-12(2)13-8-10-18(11-9-13)16(19)14-4-6-15(17-3)7-5-14/h4-7,12-13,17H,8-11H2,1-3H3. The summed E-state index contributed by atoms with van der Waals surface area (Å²) in [6, 6.07) is 7.72. The normalized spacial score (nSPS) is 16.7. The Bertz CT molecular complexity index is 417. The van der Waals surface area contributed by atoms with E-state index in [0.29, 0.717) is 0 Å². The first-order valence-electron chi connectivity index (χ1n) is 7.19. The van der Waals surface area contributed by atoms with E-state index in [0.717, 1.165) is 49.0 Å². The first kappa shape index (κ1) is 13.9. The van der Waals surface area contributed by atoms with Crippen molar-refractivity contribution in [3.63, 3.8) is 0 Å². The lowest BCUT2D eigenvalue weighted by Crippen LogP contribution is -2.39. The quantitative estimate of drug-likeness (QED) is 0.905. The second kappa shape index (κ2) is 6.09. The van der Waals surface area contributed by atoms with Crippen molar-refractivity contribution in [2.75, 3.05) is 25.5 Å². The van der Waals surface area contributed by atoms with E-state index in [2.05, 4.69) is 19.2 Å². The highest BCUT2D eigenvalue weighted by Gasteiger charge is 2.24. The molecule has 0 radical (unpaired) electrons. The predicted octanol–water partition coefficient (Wildman–Crippen LogP) is 3.24. The maximum absolute atomic E-state index is 12.4. The molecule has 1 aliphatic heterocycles. The van der Waals surface area contributed by atoms with Gasteiger partial charge in [-0.3, -0.25) is 4.79 Å². The van der Waals surface area contributed by atoms with Crippen LogP contribution in [0, 0.1) is 11.8 Å². The lowest BCUT2D eigenvalue weighted by molar-refractivity contribution is 0.0668. The van der Waals surface area contributed by atoms with Gasteiger partial charge in [0.25, 0.3) is 5.91 Å². The van der Waals surface area contributed by atoms with Gasteiger partial charge in [0.2, 0.25) is 0 Å². The molecule has 0 spiro atoms. The molecule has 1 aliphatic rings. The SMILES string of the molecule is CNc1ccc(C(=O)N2CCC(C(C)C)CC2)cc1. The smallest absolute Gasteiger partial charge is 0.253 e. The predicted molar refractivity (Wildman–Crippen MR) is 79.5 cm³/mol. The number of carbonyl (C=O) groups is 1. The van der Waals surface area contributed by atoms with Gasteiger partial charge in [-0.1, -0.05) is 13.8 Å². The molecule has 1 heterocycles. The number of hydrogen-bond donors (Lipinski definition) is 1. The monoisotopic (exact) mass is 260 g/mol. The van der Waals surface area contributed by atoms with Crippen LogP contribution < -0.4 is 5.32 Å². The van der Waals surface area contributed by atoms with E-state index in [-0.39, 0.29) is 5.91 Å². The van der Waals surface area contributed by atoms with E-state index in [9.17, 15) is 4.79 Å². The van der Waals surface area contributed by atoms with Crippen LogP contribution in [0.1, 0.15) is 37.0 Å². The molecule has 1 aromatic rings.